The molecule has 0 aromatic carbocycles. The first kappa shape index (κ1) is 20.8. The molecule has 2 saturated carbocycles. The Morgan fingerprint density at radius 1 is 1.26 bits per heavy atom. The minimum atomic E-state index is -0.571. The molecule has 3 aliphatic rings. The Kier molecular flexibility index (Phi) is 5.49. The van der Waals surface area contributed by atoms with Gasteiger partial charge in [-0.2, -0.15) is 0 Å². The van der Waals surface area contributed by atoms with Crippen molar-refractivity contribution in [3.05, 3.63) is 11.6 Å². The molecule has 1 aliphatic heterocycles. The van der Waals surface area contributed by atoms with Crippen molar-refractivity contribution in [2.75, 3.05) is 20.3 Å². The quantitative estimate of drug-likeness (QED) is 0.381. The summed E-state index contributed by atoms with van der Waals surface area (Å²) in [6.45, 7) is 6.86. The molecule has 0 aromatic heterocycles. The summed E-state index contributed by atoms with van der Waals surface area (Å²) in [6, 6.07) is 0. The lowest BCUT2D eigenvalue weighted by Gasteiger charge is -2.61. The first-order chi connectivity index (χ1) is 12.6. The molecule has 1 saturated heterocycles. The van der Waals surface area contributed by atoms with Gasteiger partial charge in [-0.1, -0.05) is 26.8 Å². The zero-order valence-electron chi connectivity index (χ0n) is 16.9. The van der Waals surface area contributed by atoms with Crippen molar-refractivity contribution in [2.45, 2.75) is 70.7 Å². The lowest BCUT2D eigenvalue weighted by molar-refractivity contribution is -0.184. The number of aliphatic hydroxyl groups is 3. The van der Waals surface area contributed by atoms with E-state index in [2.05, 4.69) is 20.8 Å². The van der Waals surface area contributed by atoms with Crippen molar-refractivity contribution in [3.8, 4) is 0 Å². The maximum Gasteiger partial charge on any atom is 0.333 e. The van der Waals surface area contributed by atoms with E-state index in [9.17, 15) is 20.1 Å². The molecular weight excluding hydrogens is 348 g/mol. The van der Waals surface area contributed by atoms with E-state index in [0.717, 1.165) is 12.8 Å². The number of allylic oxidation sites excluding steroid dienone is 1. The molecule has 3 fully saturated rings. The maximum atomic E-state index is 12.0. The lowest BCUT2D eigenvalue weighted by atomic mass is 9.44. The van der Waals surface area contributed by atoms with Gasteiger partial charge in [-0.25, -0.2) is 4.79 Å². The zero-order valence-corrected chi connectivity index (χ0v) is 16.9. The van der Waals surface area contributed by atoms with Crippen LogP contribution in [0.4, 0.5) is 0 Å². The molecule has 6 nitrogen and oxygen atoms in total. The molecule has 0 amide bonds. The van der Waals surface area contributed by atoms with E-state index in [4.69, 9.17) is 9.47 Å². The largest absolute Gasteiger partial charge is 0.466 e. The van der Waals surface area contributed by atoms with Gasteiger partial charge in [0.25, 0.3) is 0 Å². The van der Waals surface area contributed by atoms with Gasteiger partial charge in [0.05, 0.1) is 25.9 Å². The Morgan fingerprint density at radius 3 is 2.48 bits per heavy atom. The number of rotatable bonds is 5. The van der Waals surface area contributed by atoms with E-state index >= 15 is 0 Å². The molecule has 27 heavy (non-hydrogen) atoms. The summed E-state index contributed by atoms with van der Waals surface area (Å²) < 4.78 is 10.7. The summed E-state index contributed by atoms with van der Waals surface area (Å²) in [5, 5.41) is 30.8. The van der Waals surface area contributed by atoms with E-state index in [-0.39, 0.29) is 41.8 Å². The average molecular weight is 382 g/mol. The van der Waals surface area contributed by atoms with Crippen molar-refractivity contribution in [1.82, 2.24) is 0 Å². The van der Waals surface area contributed by atoms with Crippen molar-refractivity contribution in [1.29, 1.82) is 0 Å². The van der Waals surface area contributed by atoms with Crippen LogP contribution >= 0.6 is 0 Å². The lowest BCUT2D eigenvalue weighted by Crippen LogP contribution is -2.62. The highest BCUT2D eigenvalue weighted by Gasteiger charge is 2.69. The fourth-order valence-corrected chi connectivity index (χ4v) is 6.02. The number of esters is 1. The van der Waals surface area contributed by atoms with Crippen LogP contribution in [0.15, 0.2) is 11.6 Å². The fourth-order valence-electron chi connectivity index (χ4n) is 6.02. The number of epoxide rings is 1. The van der Waals surface area contributed by atoms with Crippen molar-refractivity contribution in [3.63, 3.8) is 0 Å². The van der Waals surface area contributed by atoms with Crippen molar-refractivity contribution >= 4 is 5.97 Å². The summed E-state index contributed by atoms with van der Waals surface area (Å²) in [6.07, 6.45) is 3.96. The van der Waals surface area contributed by atoms with Crippen LogP contribution in [0.5, 0.6) is 0 Å². The number of hydrogen-bond donors (Lipinski definition) is 3. The minimum Gasteiger partial charge on any atom is -0.466 e. The third-order valence-electron chi connectivity index (χ3n) is 7.82. The van der Waals surface area contributed by atoms with E-state index in [1.807, 2.05) is 6.08 Å². The molecule has 3 rings (SSSR count). The normalized spacial score (nSPS) is 43.3. The van der Waals surface area contributed by atoms with E-state index in [0.29, 0.717) is 25.0 Å². The number of ether oxygens (including phenoxy) is 2. The van der Waals surface area contributed by atoms with Crippen LogP contribution in [0.25, 0.3) is 0 Å². The van der Waals surface area contributed by atoms with Crippen LogP contribution in [0.2, 0.25) is 0 Å². The molecular formula is C21H34O6. The molecule has 6 atom stereocenters. The summed E-state index contributed by atoms with van der Waals surface area (Å²) in [7, 11) is 1.34. The summed E-state index contributed by atoms with van der Waals surface area (Å²) in [4.78, 5) is 12.0. The molecule has 2 aliphatic carbocycles. The molecule has 1 spiro atoms. The van der Waals surface area contributed by atoms with Gasteiger partial charge in [-0.15, -0.1) is 0 Å². The number of methoxy groups -OCH3 is 1. The van der Waals surface area contributed by atoms with Gasteiger partial charge in [0.2, 0.25) is 0 Å². The first-order valence-corrected chi connectivity index (χ1v) is 10.0. The summed E-state index contributed by atoms with van der Waals surface area (Å²) >= 11 is 0. The average Bonchev–Trinajstić information content (AvgIpc) is 3.41. The smallest absolute Gasteiger partial charge is 0.333 e. The van der Waals surface area contributed by atoms with Gasteiger partial charge in [-0.05, 0) is 42.4 Å². The van der Waals surface area contributed by atoms with Gasteiger partial charge in [0.1, 0.15) is 5.60 Å². The molecule has 1 heterocycles. The van der Waals surface area contributed by atoms with E-state index < -0.39 is 17.7 Å². The zero-order chi connectivity index (χ0) is 20.0. The Bertz CT molecular complexity index is 608. The van der Waals surface area contributed by atoms with E-state index in [1.54, 1.807) is 0 Å². The highest BCUT2D eigenvalue weighted by atomic mass is 16.6. The molecule has 6 heteroatoms. The number of hydrogen-bond acceptors (Lipinski definition) is 6. The van der Waals surface area contributed by atoms with Gasteiger partial charge < -0.3 is 24.8 Å². The van der Waals surface area contributed by atoms with Crippen molar-refractivity contribution < 1.29 is 29.6 Å². The van der Waals surface area contributed by atoms with Crippen LogP contribution in [0.1, 0.15) is 52.9 Å². The Morgan fingerprint density at radius 2 is 1.93 bits per heavy atom. The molecule has 154 valence electrons. The van der Waals surface area contributed by atoms with Crippen LogP contribution in [0.3, 0.4) is 0 Å². The topological polar surface area (TPSA) is 99.5 Å². The van der Waals surface area contributed by atoms with Gasteiger partial charge in [-0.3, -0.25) is 0 Å². The first-order valence-electron chi connectivity index (χ1n) is 10.0. The standard InChI is InChI=1S/C21H34O6/c1-19(2)15-11-17(24)21(12-27-21)14(20(15,3)9-7-16(19)23)6-5-13(8-10-22)18(25)26-4/h5,14-17,22-24H,6-12H2,1-4H3/b13-5+/t14-,15+,16+,17+,20+,21-/m1/s1. The van der Waals surface area contributed by atoms with Crippen molar-refractivity contribution in [2.24, 2.45) is 22.7 Å². The number of carbonyl (C=O) groups excluding carboxylic acids is 1. The van der Waals surface area contributed by atoms with Gasteiger partial charge >= 0.3 is 5.97 Å². The highest BCUT2D eigenvalue weighted by Crippen LogP contribution is 2.66. The minimum absolute atomic E-state index is 0.0453. The number of fused-ring (bicyclic) bond motifs is 1. The fraction of sp³-hybridized carbons (Fsp3) is 0.857. The molecule has 0 radical (unpaired) electrons. The Hall–Kier alpha value is -0.950. The maximum absolute atomic E-state index is 12.0. The molecule has 0 aromatic rings. The Balaban J connectivity index is 1.94. The molecule has 0 unspecified atom stereocenters. The third kappa shape index (κ3) is 3.24. The second-order valence-corrected chi connectivity index (χ2v) is 9.41. The Labute approximate surface area is 161 Å². The monoisotopic (exact) mass is 382 g/mol. The van der Waals surface area contributed by atoms with Crippen LogP contribution < -0.4 is 0 Å². The third-order valence-corrected chi connectivity index (χ3v) is 7.82. The predicted octanol–water partition coefficient (Wildman–Crippen LogP) is 1.81. The SMILES string of the molecule is COC(=O)/C(=C/C[C@@H]1[C@]2(C)CC[C@H](O)C(C)(C)[C@@H]2C[C@H](O)[C@@]12CO2)CCO. The van der Waals surface area contributed by atoms with E-state index in [1.165, 1.54) is 7.11 Å². The number of carbonyl (C=O) groups is 1. The number of aliphatic hydroxyl groups excluding tert-OH is 3. The highest BCUT2D eigenvalue weighted by molar-refractivity contribution is 5.88. The van der Waals surface area contributed by atoms with Gasteiger partial charge in [0, 0.05) is 24.5 Å². The van der Waals surface area contributed by atoms with Gasteiger partial charge in [0.15, 0.2) is 0 Å². The summed E-state index contributed by atoms with van der Waals surface area (Å²) in [5.41, 5.74) is -0.482. The summed E-state index contributed by atoms with van der Waals surface area (Å²) in [5.74, 6) is -0.215. The van der Waals surface area contributed by atoms with Crippen LogP contribution in [-0.2, 0) is 14.3 Å². The molecule has 0 bridgehead atoms. The van der Waals surface area contributed by atoms with Crippen LogP contribution in [-0.4, -0.2) is 59.4 Å². The second-order valence-electron chi connectivity index (χ2n) is 9.41. The predicted molar refractivity (Wildman–Crippen MR) is 99.8 cm³/mol. The van der Waals surface area contributed by atoms with Crippen LogP contribution in [0, 0.1) is 22.7 Å². The molecule has 3 N–H and O–H groups in total. The second kappa shape index (κ2) is 7.14.